The van der Waals surface area contributed by atoms with Gasteiger partial charge in [0.25, 0.3) is 5.91 Å². The minimum absolute atomic E-state index is 0.107. The van der Waals surface area contributed by atoms with Gasteiger partial charge >= 0.3 is 0 Å². The van der Waals surface area contributed by atoms with Gasteiger partial charge < -0.3 is 4.74 Å². The Balaban J connectivity index is 1.73. The summed E-state index contributed by atoms with van der Waals surface area (Å²) in [5.74, 6) is 1.59. The summed E-state index contributed by atoms with van der Waals surface area (Å²) in [6.45, 7) is 0. The summed E-state index contributed by atoms with van der Waals surface area (Å²) >= 11 is 12.2. The molecule has 0 unspecified atom stereocenters. The average Bonchev–Trinajstić information content (AvgIpc) is 2.87. The molecule has 0 N–H and O–H groups in total. The first kappa shape index (κ1) is 16.0. The highest BCUT2D eigenvalue weighted by molar-refractivity contribution is 8.23. The Morgan fingerprint density at radius 2 is 2.00 bits per heavy atom. The molecule has 116 valence electrons. The topological polar surface area (TPSA) is 41.9 Å². The molecule has 0 aliphatic carbocycles. The molecule has 0 spiro atoms. The summed E-state index contributed by atoms with van der Waals surface area (Å²) in [6.07, 6.45) is 1.59. The van der Waals surface area contributed by atoms with Gasteiger partial charge in [0.2, 0.25) is 0 Å². The van der Waals surface area contributed by atoms with E-state index >= 15 is 0 Å². The third-order valence-electron chi connectivity index (χ3n) is 2.96. The molecular weight excluding hydrogens is 352 g/mol. The van der Waals surface area contributed by atoms with E-state index < -0.39 is 0 Å². The summed E-state index contributed by atoms with van der Waals surface area (Å²) in [7, 11) is 0. The quantitative estimate of drug-likeness (QED) is 0.599. The first-order chi connectivity index (χ1) is 11.1. The summed E-state index contributed by atoms with van der Waals surface area (Å²) in [5.41, 5.74) is 0.809. The Labute approximate surface area is 148 Å². The van der Waals surface area contributed by atoms with E-state index in [-0.39, 0.29) is 5.91 Å². The number of thiocarbonyl (C=S) groups is 1. The average molecular weight is 363 g/mol. The van der Waals surface area contributed by atoms with Crippen molar-refractivity contribution in [3.8, 4) is 11.5 Å². The zero-order chi connectivity index (χ0) is 16.2. The summed E-state index contributed by atoms with van der Waals surface area (Å²) in [5, 5.41) is 6.04. The lowest BCUT2D eigenvalue weighted by molar-refractivity contribution is -0.123. The molecule has 0 radical (unpaired) electrons. The van der Waals surface area contributed by atoms with E-state index in [9.17, 15) is 4.79 Å². The molecule has 0 saturated carbocycles. The number of thioether (sulfide) groups is 1. The van der Waals surface area contributed by atoms with Crippen molar-refractivity contribution in [2.24, 2.45) is 5.10 Å². The highest BCUT2D eigenvalue weighted by Gasteiger charge is 2.25. The van der Waals surface area contributed by atoms with Crippen molar-refractivity contribution in [1.29, 1.82) is 0 Å². The molecule has 0 bridgehead atoms. The fourth-order valence-corrected chi connectivity index (χ4v) is 2.97. The van der Waals surface area contributed by atoms with Crippen LogP contribution in [0.4, 0.5) is 0 Å². The molecule has 7 heteroatoms. The lowest BCUT2D eigenvalue weighted by atomic mass is 10.2. The number of hydrogen-bond acceptors (Lipinski definition) is 5. The van der Waals surface area contributed by atoms with E-state index in [1.165, 1.54) is 16.8 Å². The molecule has 2 aromatic carbocycles. The number of hydrogen-bond donors (Lipinski definition) is 0. The summed E-state index contributed by atoms with van der Waals surface area (Å²) in [4.78, 5) is 11.6. The van der Waals surface area contributed by atoms with Gasteiger partial charge in [-0.1, -0.05) is 47.7 Å². The standard InChI is InChI=1S/C16H11ClN2O2S2/c17-12-4-6-13(7-5-12)21-14-3-1-2-11(8-14)9-18-19-15(20)10-23-16(19)22/h1-9H,10H2. The van der Waals surface area contributed by atoms with Crippen LogP contribution in [0.25, 0.3) is 0 Å². The third-order valence-corrected chi connectivity index (χ3v) is 4.55. The third kappa shape index (κ3) is 4.10. The molecule has 0 atom stereocenters. The Morgan fingerprint density at radius 3 is 2.70 bits per heavy atom. The monoisotopic (exact) mass is 362 g/mol. The van der Waals surface area contributed by atoms with E-state index in [4.69, 9.17) is 28.6 Å². The number of carbonyl (C=O) groups is 1. The number of rotatable bonds is 4. The highest BCUT2D eigenvalue weighted by atomic mass is 35.5. The fourth-order valence-electron chi connectivity index (χ4n) is 1.88. The Bertz CT molecular complexity index is 762. The van der Waals surface area contributed by atoms with Crippen molar-refractivity contribution >= 4 is 52.0 Å². The van der Waals surface area contributed by atoms with Gasteiger partial charge in [0.15, 0.2) is 4.32 Å². The van der Waals surface area contributed by atoms with Crippen molar-refractivity contribution < 1.29 is 9.53 Å². The van der Waals surface area contributed by atoms with Crippen LogP contribution in [0, 0.1) is 0 Å². The number of ether oxygens (including phenoxy) is 1. The maximum Gasteiger partial charge on any atom is 0.259 e. The maximum absolute atomic E-state index is 11.6. The molecule has 1 heterocycles. The van der Waals surface area contributed by atoms with Gasteiger partial charge in [-0.05, 0) is 42.0 Å². The van der Waals surface area contributed by atoms with Crippen molar-refractivity contribution in [3.05, 3.63) is 59.1 Å². The van der Waals surface area contributed by atoms with Gasteiger partial charge in [-0.2, -0.15) is 10.1 Å². The van der Waals surface area contributed by atoms with E-state index in [1.807, 2.05) is 24.3 Å². The van der Waals surface area contributed by atoms with Gasteiger partial charge in [-0.3, -0.25) is 4.79 Å². The first-order valence-corrected chi connectivity index (χ1v) is 8.46. The molecule has 1 aliphatic heterocycles. The second-order valence-corrected chi connectivity index (χ2v) is 6.68. The molecule has 0 aromatic heterocycles. The van der Waals surface area contributed by atoms with E-state index in [0.29, 0.717) is 26.6 Å². The Kier molecular flexibility index (Phi) is 4.95. The predicted octanol–water partition coefficient (Wildman–Crippen LogP) is 4.33. The summed E-state index contributed by atoms with van der Waals surface area (Å²) < 4.78 is 6.23. The summed E-state index contributed by atoms with van der Waals surface area (Å²) in [6, 6.07) is 14.5. The van der Waals surface area contributed by atoms with Gasteiger partial charge in [0.1, 0.15) is 11.5 Å². The van der Waals surface area contributed by atoms with Gasteiger partial charge in [-0.15, -0.1) is 0 Å². The van der Waals surface area contributed by atoms with Crippen LogP contribution in [0.1, 0.15) is 5.56 Å². The second-order valence-electron chi connectivity index (χ2n) is 4.63. The van der Waals surface area contributed by atoms with Gasteiger partial charge in [0.05, 0.1) is 12.0 Å². The normalized spacial score (nSPS) is 14.7. The Hall–Kier alpha value is -1.89. The molecule has 3 rings (SSSR count). The maximum atomic E-state index is 11.6. The number of benzene rings is 2. The van der Waals surface area contributed by atoms with Crippen LogP contribution in [0.3, 0.4) is 0 Å². The highest BCUT2D eigenvalue weighted by Crippen LogP contribution is 2.24. The van der Waals surface area contributed by atoms with Crippen LogP contribution in [-0.2, 0) is 4.79 Å². The predicted molar refractivity (Wildman–Crippen MR) is 97.5 cm³/mol. The lowest BCUT2D eigenvalue weighted by Crippen LogP contribution is -2.22. The number of hydrazone groups is 1. The van der Waals surface area contributed by atoms with Crippen LogP contribution in [-0.4, -0.2) is 27.2 Å². The first-order valence-electron chi connectivity index (χ1n) is 6.69. The van der Waals surface area contributed by atoms with Crippen LogP contribution in [0.5, 0.6) is 11.5 Å². The largest absolute Gasteiger partial charge is 0.457 e. The van der Waals surface area contributed by atoms with E-state index in [2.05, 4.69) is 5.10 Å². The lowest BCUT2D eigenvalue weighted by Gasteiger charge is -2.08. The van der Waals surface area contributed by atoms with Crippen molar-refractivity contribution in [2.45, 2.75) is 0 Å². The molecular formula is C16H11ClN2O2S2. The number of nitrogens with zero attached hydrogens (tertiary/aromatic N) is 2. The fraction of sp³-hybridized carbons (Fsp3) is 0.0625. The Morgan fingerprint density at radius 1 is 1.22 bits per heavy atom. The molecule has 1 aliphatic rings. The number of carbonyl (C=O) groups excluding carboxylic acids is 1. The van der Waals surface area contributed by atoms with Crippen LogP contribution in [0.2, 0.25) is 5.02 Å². The minimum atomic E-state index is -0.107. The van der Waals surface area contributed by atoms with Gasteiger partial charge in [0, 0.05) is 5.02 Å². The number of halogens is 1. The molecule has 23 heavy (non-hydrogen) atoms. The van der Waals surface area contributed by atoms with Crippen molar-refractivity contribution in [2.75, 3.05) is 5.75 Å². The molecule has 4 nitrogen and oxygen atoms in total. The second kappa shape index (κ2) is 7.12. The minimum Gasteiger partial charge on any atom is -0.457 e. The van der Waals surface area contributed by atoms with Crippen LogP contribution in [0.15, 0.2) is 53.6 Å². The molecule has 1 saturated heterocycles. The van der Waals surface area contributed by atoms with Crippen LogP contribution >= 0.6 is 35.6 Å². The van der Waals surface area contributed by atoms with E-state index in [0.717, 1.165) is 5.56 Å². The zero-order valence-electron chi connectivity index (χ0n) is 11.8. The van der Waals surface area contributed by atoms with E-state index in [1.54, 1.807) is 30.5 Å². The molecule has 1 fully saturated rings. The van der Waals surface area contributed by atoms with Gasteiger partial charge in [-0.25, -0.2) is 0 Å². The van der Waals surface area contributed by atoms with Crippen molar-refractivity contribution in [1.82, 2.24) is 5.01 Å². The zero-order valence-corrected chi connectivity index (χ0v) is 14.2. The van der Waals surface area contributed by atoms with Crippen LogP contribution < -0.4 is 4.74 Å². The molecule has 2 aromatic rings. The smallest absolute Gasteiger partial charge is 0.259 e. The number of amides is 1. The SMILES string of the molecule is O=C1CSC(=S)N1N=Cc1cccc(Oc2ccc(Cl)cc2)c1. The van der Waals surface area contributed by atoms with Crippen molar-refractivity contribution in [3.63, 3.8) is 0 Å². The molecule has 1 amide bonds.